The average Bonchev–Trinajstić information content (AvgIpc) is 2.86. The Morgan fingerprint density at radius 2 is 2.17 bits per heavy atom. The number of para-hydroxylation sites is 2. The van der Waals surface area contributed by atoms with E-state index in [1.807, 2.05) is 24.3 Å². The van der Waals surface area contributed by atoms with Crippen molar-refractivity contribution in [1.82, 2.24) is 15.0 Å². The SMILES string of the molecule is OCc1cn(CC2COc3ccccc3O2)nn1. The number of fused-ring (bicyclic) bond motifs is 1. The molecule has 6 heteroatoms. The minimum Gasteiger partial charge on any atom is -0.486 e. The number of aromatic nitrogens is 3. The molecule has 1 N–H and O–H groups in total. The maximum Gasteiger partial charge on any atom is 0.161 e. The molecule has 6 nitrogen and oxygen atoms in total. The van der Waals surface area contributed by atoms with Crippen molar-refractivity contribution in [1.29, 1.82) is 0 Å². The highest BCUT2D eigenvalue weighted by Crippen LogP contribution is 2.31. The van der Waals surface area contributed by atoms with E-state index in [1.165, 1.54) is 0 Å². The first-order chi connectivity index (χ1) is 8.85. The molecule has 0 amide bonds. The van der Waals surface area contributed by atoms with Crippen molar-refractivity contribution in [2.45, 2.75) is 19.3 Å². The lowest BCUT2D eigenvalue weighted by Gasteiger charge is -2.26. The van der Waals surface area contributed by atoms with E-state index in [2.05, 4.69) is 10.3 Å². The van der Waals surface area contributed by atoms with Crippen LogP contribution in [0.25, 0.3) is 0 Å². The van der Waals surface area contributed by atoms with E-state index in [0.29, 0.717) is 18.8 Å². The second kappa shape index (κ2) is 4.66. The average molecular weight is 247 g/mol. The zero-order valence-electron chi connectivity index (χ0n) is 9.69. The summed E-state index contributed by atoms with van der Waals surface area (Å²) in [5.41, 5.74) is 0.548. The van der Waals surface area contributed by atoms with E-state index in [-0.39, 0.29) is 12.7 Å². The lowest BCUT2D eigenvalue weighted by Crippen LogP contribution is -2.33. The van der Waals surface area contributed by atoms with E-state index in [4.69, 9.17) is 14.6 Å². The Kier molecular flexibility index (Phi) is 2.85. The van der Waals surface area contributed by atoms with Crippen LogP contribution in [0, 0.1) is 0 Å². The van der Waals surface area contributed by atoms with Crippen LogP contribution in [0.5, 0.6) is 11.5 Å². The minimum atomic E-state index is -0.106. The van der Waals surface area contributed by atoms with Crippen molar-refractivity contribution in [3.8, 4) is 11.5 Å². The number of ether oxygens (including phenoxy) is 2. The Hall–Kier alpha value is -2.08. The summed E-state index contributed by atoms with van der Waals surface area (Å²) in [6.07, 6.45) is 1.59. The van der Waals surface area contributed by atoms with Crippen LogP contribution in [0.4, 0.5) is 0 Å². The summed E-state index contributed by atoms with van der Waals surface area (Å²) < 4.78 is 13.1. The number of hydrogen-bond donors (Lipinski definition) is 1. The summed E-state index contributed by atoms with van der Waals surface area (Å²) in [5.74, 6) is 1.51. The summed E-state index contributed by atoms with van der Waals surface area (Å²) in [4.78, 5) is 0. The van der Waals surface area contributed by atoms with Gasteiger partial charge in [-0.3, -0.25) is 0 Å². The maximum absolute atomic E-state index is 8.92. The van der Waals surface area contributed by atoms with Gasteiger partial charge in [-0.15, -0.1) is 5.10 Å². The van der Waals surface area contributed by atoms with Crippen molar-refractivity contribution >= 4 is 0 Å². The summed E-state index contributed by atoms with van der Waals surface area (Å²) in [6, 6.07) is 7.57. The van der Waals surface area contributed by atoms with Gasteiger partial charge in [0.15, 0.2) is 17.6 Å². The van der Waals surface area contributed by atoms with Gasteiger partial charge in [0.25, 0.3) is 0 Å². The molecular weight excluding hydrogens is 234 g/mol. The molecule has 94 valence electrons. The molecule has 0 saturated carbocycles. The fraction of sp³-hybridized carbons (Fsp3) is 0.333. The molecule has 0 saturated heterocycles. The van der Waals surface area contributed by atoms with Gasteiger partial charge in [-0.2, -0.15) is 0 Å². The molecule has 0 radical (unpaired) electrons. The monoisotopic (exact) mass is 247 g/mol. The maximum atomic E-state index is 8.92. The van der Waals surface area contributed by atoms with Gasteiger partial charge in [-0.1, -0.05) is 17.3 Å². The molecule has 1 aromatic carbocycles. The molecule has 1 aliphatic heterocycles. The van der Waals surface area contributed by atoms with Gasteiger partial charge < -0.3 is 14.6 Å². The fourth-order valence-electron chi connectivity index (χ4n) is 1.86. The predicted molar refractivity (Wildman–Crippen MR) is 62.3 cm³/mol. The third kappa shape index (κ3) is 2.14. The Bertz CT molecular complexity index is 541. The van der Waals surface area contributed by atoms with E-state index in [9.17, 15) is 0 Å². The van der Waals surface area contributed by atoms with Crippen LogP contribution in [0.3, 0.4) is 0 Å². The van der Waals surface area contributed by atoms with Crippen LogP contribution in [0.1, 0.15) is 5.69 Å². The van der Waals surface area contributed by atoms with E-state index in [1.54, 1.807) is 10.9 Å². The highest BCUT2D eigenvalue weighted by molar-refractivity contribution is 5.40. The molecule has 0 spiro atoms. The van der Waals surface area contributed by atoms with Crippen molar-refractivity contribution in [3.63, 3.8) is 0 Å². The smallest absolute Gasteiger partial charge is 0.161 e. The van der Waals surface area contributed by atoms with Gasteiger partial charge in [0.05, 0.1) is 19.3 Å². The lowest BCUT2D eigenvalue weighted by atomic mass is 10.2. The first-order valence-corrected chi connectivity index (χ1v) is 5.73. The van der Waals surface area contributed by atoms with Gasteiger partial charge >= 0.3 is 0 Å². The minimum absolute atomic E-state index is 0.104. The van der Waals surface area contributed by atoms with Gasteiger partial charge in [-0.05, 0) is 12.1 Å². The molecule has 1 atom stereocenters. The van der Waals surface area contributed by atoms with Gasteiger partial charge in [0.2, 0.25) is 0 Å². The third-order valence-electron chi connectivity index (χ3n) is 2.71. The Morgan fingerprint density at radius 1 is 1.33 bits per heavy atom. The molecule has 1 unspecified atom stereocenters. The number of aliphatic hydroxyl groups excluding tert-OH is 1. The summed E-state index contributed by atoms with van der Waals surface area (Å²) in [5, 5.41) is 16.6. The molecule has 0 fully saturated rings. The second-order valence-electron chi connectivity index (χ2n) is 4.09. The highest BCUT2D eigenvalue weighted by atomic mass is 16.6. The molecule has 1 aromatic heterocycles. The van der Waals surface area contributed by atoms with Crippen molar-refractivity contribution in [2.75, 3.05) is 6.61 Å². The van der Waals surface area contributed by atoms with Crippen LogP contribution in [0.2, 0.25) is 0 Å². The van der Waals surface area contributed by atoms with E-state index < -0.39 is 0 Å². The second-order valence-corrected chi connectivity index (χ2v) is 4.09. The van der Waals surface area contributed by atoms with Crippen LogP contribution >= 0.6 is 0 Å². The van der Waals surface area contributed by atoms with Crippen molar-refractivity contribution in [2.24, 2.45) is 0 Å². The van der Waals surface area contributed by atoms with Crippen LogP contribution in [-0.2, 0) is 13.2 Å². The van der Waals surface area contributed by atoms with Gasteiger partial charge in [-0.25, -0.2) is 4.68 Å². The number of nitrogens with zero attached hydrogens (tertiary/aromatic N) is 3. The molecule has 1 aliphatic rings. The third-order valence-corrected chi connectivity index (χ3v) is 2.71. The van der Waals surface area contributed by atoms with E-state index >= 15 is 0 Å². The largest absolute Gasteiger partial charge is 0.486 e. The summed E-state index contributed by atoms with van der Waals surface area (Å²) in [6.45, 7) is 0.914. The molecule has 3 rings (SSSR count). The number of hydrogen-bond acceptors (Lipinski definition) is 5. The summed E-state index contributed by atoms with van der Waals surface area (Å²) >= 11 is 0. The highest BCUT2D eigenvalue weighted by Gasteiger charge is 2.21. The molecule has 0 aliphatic carbocycles. The topological polar surface area (TPSA) is 69.4 Å². The first-order valence-electron chi connectivity index (χ1n) is 5.73. The van der Waals surface area contributed by atoms with Gasteiger partial charge in [0, 0.05) is 0 Å². The number of benzene rings is 1. The quantitative estimate of drug-likeness (QED) is 0.860. The van der Waals surface area contributed by atoms with Crippen molar-refractivity contribution in [3.05, 3.63) is 36.2 Å². The zero-order chi connectivity index (χ0) is 12.4. The van der Waals surface area contributed by atoms with Crippen molar-refractivity contribution < 1.29 is 14.6 Å². The van der Waals surface area contributed by atoms with E-state index in [0.717, 1.165) is 11.5 Å². The number of aliphatic hydroxyl groups is 1. The van der Waals surface area contributed by atoms with Crippen LogP contribution < -0.4 is 9.47 Å². The Labute approximate surface area is 104 Å². The summed E-state index contributed by atoms with van der Waals surface area (Å²) in [7, 11) is 0. The first kappa shape index (κ1) is 11.0. The predicted octanol–water partition coefficient (Wildman–Crippen LogP) is 0.610. The zero-order valence-corrected chi connectivity index (χ0v) is 9.69. The normalized spacial score (nSPS) is 17.7. The molecule has 2 heterocycles. The van der Waals surface area contributed by atoms with Gasteiger partial charge in [0.1, 0.15) is 12.3 Å². The Balaban J connectivity index is 1.69. The molecule has 2 aromatic rings. The molecule has 0 bridgehead atoms. The molecular formula is C12H13N3O3. The fourth-order valence-corrected chi connectivity index (χ4v) is 1.86. The van der Waals surface area contributed by atoms with Crippen LogP contribution in [0.15, 0.2) is 30.5 Å². The standard InChI is InChI=1S/C12H13N3O3/c16-7-9-5-15(14-13-9)6-10-8-17-11-3-1-2-4-12(11)18-10/h1-5,10,16H,6-8H2. The van der Waals surface area contributed by atoms with Crippen LogP contribution in [-0.4, -0.2) is 32.8 Å². The Morgan fingerprint density at radius 3 is 2.94 bits per heavy atom. The molecule has 18 heavy (non-hydrogen) atoms. The number of rotatable bonds is 3. The lowest BCUT2D eigenvalue weighted by molar-refractivity contribution is 0.0754.